The maximum Gasteiger partial charge on any atom is 0.211 e. The van der Waals surface area contributed by atoms with Gasteiger partial charge in [0, 0.05) is 6.54 Å². The Morgan fingerprint density at radius 3 is 2.36 bits per heavy atom. The molecule has 0 aromatic rings. The molecule has 0 fully saturated rings. The Hall–Kier alpha value is -0.130. The zero-order chi connectivity index (χ0) is 10.9. The van der Waals surface area contributed by atoms with Crippen molar-refractivity contribution in [1.82, 2.24) is 10.0 Å². The normalized spacial score (nSPS) is 11.9. The van der Waals surface area contributed by atoms with Gasteiger partial charge in [0.05, 0.1) is 5.75 Å². The molecule has 0 radical (unpaired) electrons. The molecule has 0 aliphatic carbocycles. The van der Waals surface area contributed by atoms with Gasteiger partial charge in [0.1, 0.15) is 0 Å². The molecule has 4 nitrogen and oxygen atoms in total. The highest BCUT2D eigenvalue weighted by Crippen LogP contribution is 1.93. The summed E-state index contributed by atoms with van der Waals surface area (Å²) in [5.41, 5.74) is 0. The van der Waals surface area contributed by atoms with E-state index in [1.807, 2.05) is 0 Å². The van der Waals surface area contributed by atoms with Crippen LogP contribution in [0.4, 0.5) is 0 Å². The summed E-state index contributed by atoms with van der Waals surface area (Å²) in [5, 5.41) is 3.24. The Kier molecular flexibility index (Phi) is 8.12. The summed E-state index contributed by atoms with van der Waals surface area (Å²) in [7, 11) is -3.00. The molecule has 0 saturated carbocycles. The Balaban J connectivity index is 3.35. The van der Waals surface area contributed by atoms with E-state index >= 15 is 0 Å². The van der Waals surface area contributed by atoms with Crippen molar-refractivity contribution < 1.29 is 8.42 Å². The molecule has 0 aliphatic heterocycles. The molecule has 0 aromatic heterocycles. The minimum Gasteiger partial charge on any atom is -0.317 e. The number of nitrogens with one attached hydrogen (secondary N) is 2. The smallest absolute Gasteiger partial charge is 0.211 e. The molecule has 5 heteroatoms. The van der Waals surface area contributed by atoms with Gasteiger partial charge in [-0.2, -0.15) is 0 Å². The van der Waals surface area contributed by atoms with Crippen molar-refractivity contribution in [1.29, 1.82) is 0 Å². The second-order valence-corrected chi connectivity index (χ2v) is 5.20. The summed E-state index contributed by atoms with van der Waals surface area (Å²) in [6.07, 6.45) is 2.77. The lowest BCUT2D eigenvalue weighted by Crippen LogP contribution is -2.26. The maximum absolute atomic E-state index is 11.2. The van der Waals surface area contributed by atoms with E-state index < -0.39 is 10.0 Å². The first-order valence-electron chi connectivity index (χ1n) is 5.30. The molecule has 0 unspecified atom stereocenters. The number of hydrogen-bond acceptors (Lipinski definition) is 3. The zero-order valence-electron chi connectivity index (χ0n) is 9.17. The maximum atomic E-state index is 11.2. The van der Waals surface area contributed by atoms with Crippen molar-refractivity contribution in [3.63, 3.8) is 0 Å². The number of hydrogen-bond donors (Lipinski definition) is 2. The predicted molar refractivity (Wildman–Crippen MR) is 59.9 cm³/mol. The lowest BCUT2D eigenvalue weighted by molar-refractivity contribution is 0.575. The molecule has 2 N–H and O–H groups in total. The van der Waals surface area contributed by atoms with E-state index in [-0.39, 0.29) is 5.75 Å². The average molecular weight is 222 g/mol. The van der Waals surface area contributed by atoms with E-state index in [9.17, 15) is 8.42 Å². The van der Waals surface area contributed by atoms with Crippen molar-refractivity contribution in [2.24, 2.45) is 0 Å². The fraction of sp³-hybridized carbons (Fsp3) is 1.00. The van der Waals surface area contributed by atoms with Gasteiger partial charge in [-0.1, -0.05) is 13.8 Å². The summed E-state index contributed by atoms with van der Waals surface area (Å²) < 4.78 is 24.9. The molecule has 0 atom stereocenters. The van der Waals surface area contributed by atoms with E-state index in [0.717, 1.165) is 32.4 Å². The second kappa shape index (κ2) is 8.20. The molecular weight excluding hydrogens is 200 g/mol. The van der Waals surface area contributed by atoms with E-state index in [0.29, 0.717) is 6.54 Å². The van der Waals surface area contributed by atoms with Crippen LogP contribution in [0, 0.1) is 0 Å². The van der Waals surface area contributed by atoms with E-state index in [2.05, 4.69) is 17.0 Å². The van der Waals surface area contributed by atoms with Crippen LogP contribution in [0.3, 0.4) is 0 Å². The van der Waals surface area contributed by atoms with Crippen LogP contribution in [0.1, 0.15) is 33.1 Å². The first-order valence-corrected chi connectivity index (χ1v) is 6.95. The SMILES string of the molecule is CCCNCCCCS(=O)(=O)NCC. The summed E-state index contributed by atoms with van der Waals surface area (Å²) in [6, 6.07) is 0. The molecule has 0 saturated heterocycles. The molecule has 86 valence electrons. The van der Waals surface area contributed by atoms with Crippen LogP contribution in [0.2, 0.25) is 0 Å². The number of sulfonamides is 1. The van der Waals surface area contributed by atoms with Gasteiger partial charge in [-0.15, -0.1) is 0 Å². The van der Waals surface area contributed by atoms with Gasteiger partial charge in [0.2, 0.25) is 10.0 Å². The minimum absolute atomic E-state index is 0.245. The third kappa shape index (κ3) is 8.47. The molecule has 0 heterocycles. The summed E-state index contributed by atoms with van der Waals surface area (Å²) >= 11 is 0. The summed E-state index contributed by atoms with van der Waals surface area (Å²) in [5.74, 6) is 0.245. The predicted octanol–water partition coefficient (Wildman–Crippen LogP) is 0.706. The number of unbranched alkanes of at least 4 members (excludes halogenated alkanes) is 1. The van der Waals surface area contributed by atoms with Crippen molar-refractivity contribution in [2.45, 2.75) is 33.1 Å². The van der Waals surface area contributed by atoms with Gasteiger partial charge >= 0.3 is 0 Å². The van der Waals surface area contributed by atoms with Crippen LogP contribution in [0.25, 0.3) is 0 Å². The highest BCUT2D eigenvalue weighted by molar-refractivity contribution is 7.89. The zero-order valence-corrected chi connectivity index (χ0v) is 9.99. The van der Waals surface area contributed by atoms with Crippen LogP contribution < -0.4 is 10.0 Å². The quantitative estimate of drug-likeness (QED) is 0.565. The standard InChI is InChI=1S/C9H22N2O2S/c1-3-7-10-8-5-6-9-14(12,13)11-4-2/h10-11H,3-9H2,1-2H3. The monoisotopic (exact) mass is 222 g/mol. The number of rotatable bonds is 9. The Labute approximate surface area is 87.5 Å². The van der Waals surface area contributed by atoms with Crippen molar-refractivity contribution in [3.8, 4) is 0 Å². The van der Waals surface area contributed by atoms with Crippen LogP contribution >= 0.6 is 0 Å². The second-order valence-electron chi connectivity index (χ2n) is 3.27. The summed E-state index contributed by atoms with van der Waals surface area (Å²) in [6.45, 7) is 6.31. The highest BCUT2D eigenvalue weighted by Gasteiger charge is 2.06. The van der Waals surface area contributed by atoms with Crippen molar-refractivity contribution >= 4 is 10.0 Å². The van der Waals surface area contributed by atoms with E-state index in [1.54, 1.807) is 6.92 Å². The van der Waals surface area contributed by atoms with Gasteiger partial charge in [0.25, 0.3) is 0 Å². The molecule has 0 rings (SSSR count). The first-order chi connectivity index (χ1) is 6.62. The lowest BCUT2D eigenvalue weighted by Gasteiger charge is -2.04. The molecule has 14 heavy (non-hydrogen) atoms. The average Bonchev–Trinajstić information content (AvgIpc) is 2.11. The van der Waals surface area contributed by atoms with Gasteiger partial charge < -0.3 is 5.32 Å². The van der Waals surface area contributed by atoms with Gasteiger partial charge in [-0.25, -0.2) is 13.1 Å². The Bertz CT molecular complexity index is 215. The lowest BCUT2D eigenvalue weighted by atomic mass is 10.3. The highest BCUT2D eigenvalue weighted by atomic mass is 32.2. The molecular formula is C9H22N2O2S. The first kappa shape index (κ1) is 13.9. The fourth-order valence-corrected chi connectivity index (χ4v) is 2.30. The van der Waals surface area contributed by atoms with Crippen LogP contribution in [-0.4, -0.2) is 33.8 Å². The van der Waals surface area contributed by atoms with Crippen molar-refractivity contribution in [3.05, 3.63) is 0 Å². The Morgan fingerprint density at radius 1 is 1.07 bits per heavy atom. The van der Waals surface area contributed by atoms with Gasteiger partial charge in [-0.05, 0) is 32.4 Å². The third-order valence-electron chi connectivity index (χ3n) is 1.81. The molecule has 0 aliphatic rings. The topological polar surface area (TPSA) is 58.2 Å². The molecule has 0 bridgehead atoms. The minimum atomic E-state index is -3.00. The summed E-state index contributed by atoms with van der Waals surface area (Å²) in [4.78, 5) is 0. The third-order valence-corrected chi connectivity index (χ3v) is 3.36. The molecule has 0 spiro atoms. The fourth-order valence-electron chi connectivity index (χ4n) is 1.14. The van der Waals surface area contributed by atoms with Crippen LogP contribution in [0.5, 0.6) is 0 Å². The van der Waals surface area contributed by atoms with Gasteiger partial charge in [-0.3, -0.25) is 0 Å². The van der Waals surface area contributed by atoms with Crippen molar-refractivity contribution in [2.75, 3.05) is 25.4 Å². The van der Waals surface area contributed by atoms with Crippen LogP contribution in [0.15, 0.2) is 0 Å². The van der Waals surface area contributed by atoms with E-state index in [1.165, 1.54) is 0 Å². The molecule has 0 amide bonds. The van der Waals surface area contributed by atoms with Crippen LogP contribution in [-0.2, 0) is 10.0 Å². The largest absolute Gasteiger partial charge is 0.317 e. The van der Waals surface area contributed by atoms with E-state index in [4.69, 9.17) is 0 Å². The Morgan fingerprint density at radius 2 is 1.79 bits per heavy atom. The van der Waals surface area contributed by atoms with Gasteiger partial charge in [0.15, 0.2) is 0 Å². The molecule has 0 aromatic carbocycles.